The Kier molecular flexibility index (Phi) is 3.89. The van der Waals surface area contributed by atoms with E-state index in [1.165, 1.54) is 6.92 Å². The zero-order valence-corrected chi connectivity index (χ0v) is 9.55. The molecule has 0 spiro atoms. The Morgan fingerprint density at radius 2 is 2.29 bits per heavy atom. The zero-order valence-electron chi connectivity index (χ0n) is 7.97. The summed E-state index contributed by atoms with van der Waals surface area (Å²) in [5, 5.41) is 0. The van der Waals surface area contributed by atoms with E-state index < -0.39 is 5.67 Å². The van der Waals surface area contributed by atoms with Gasteiger partial charge in [0, 0.05) is 11.0 Å². The van der Waals surface area contributed by atoms with Gasteiger partial charge in [-0.05, 0) is 25.1 Å². The second kappa shape index (κ2) is 4.75. The van der Waals surface area contributed by atoms with Crippen LogP contribution in [0.5, 0.6) is 5.75 Å². The first-order valence-corrected chi connectivity index (χ1v) is 5.10. The summed E-state index contributed by atoms with van der Waals surface area (Å²) in [6, 6.07) is 7.27. The highest BCUT2D eigenvalue weighted by Crippen LogP contribution is 2.19. The summed E-state index contributed by atoms with van der Waals surface area (Å²) in [4.78, 5) is 0. The maximum absolute atomic E-state index is 13.3. The van der Waals surface area contributed by atoms with Crippen molar-refractivity contribution in [2.45, 2.75) is 12.6 Å². The minimum Gasteiger partial charge on any atom is -0.490 e. The third-order valence-electron chi connectivity index (χ3n) is 1.76. The Hall–Kier alpha value is -0.610. The van der Waals surface area contributed by atoms with Gasteiger partial charge in [0.2, 0.25) is 0 Å². The Bertz CT molecular complexity index is 304. The average molecular weight is 262 g/mol. The smallest absolute Gasteiger partial charge is 0.154 e. The molecule has 2 nitrogen and oxygen atoms in total. The molecule has 0 heterocycles. The van der Waals surface area contributed by atoms with Crippen LogP contribution in [0.4, 0.5) is 4.39 Å². The van der Waals surface area contributed by atoms with Crippen LogP contribution in [-0.4, -0.2) is 18.8 Å². The van der Waals surface area contributed by atoms with E-state index >= 15 is 0 Å². The number of hydrogen-bond donors (Lipinski definition) is 1. The Morgan fingerprint density at radius 1 is 1.57 bits per heavy atom. The van der Waals surface area contributed by atoms with Gasteiger partial charge >= 0.3 is 0 Å². The summed E-state index contributed by atoms with van der Waals surface area (Å²) in [5.74, 6) is 0.636. The lowest BCUT2D eigenvalue weighted by molar-refractivity contribution is 0.110. The van der Waals surface area contributed by atoms with E-state index in [9.17, 15) is 4.39 Å². The second-order valence-corrected chi connectivity index (χ2v) is 4.28. The van der Waals surface area contributed by atoms with Gasteiger partial charge in [0.15, 0.2) is 5.67 Å². The third-order valence-corrected chi connectivity index (χ3v) is 2.25. The molecule has 0 saturated carbocycles. The Morgan fingerprint density at radius 3 is 2.86 bits per heavy atom. The third kappa shape index (κ3) is 3.64. The van der Waals surface area contributed by atoms with Gasteiger partial charge in [-0.25, -0.2) is 4.39 Å². The van der Waals surface area contributed by atoms with Gasteiger partial charge in [0.25, 0.3) is 0 Å². The summed E-state index contributed by atoms with van der Waals surface area (Å²) >= 11 is 3.30. The SMILES string of the molecule is CC(F)(CN)COc1cccc(Br)c1. The van der Waals surface area contributed by atoms with E-state index in [4.69, 9.17) is 10.5 Å². The van der Waals surface area contributed by atoms with Crippen LogP contribution in [-0.2, 0) is 0 Å². The molecule has 0 radical (unpaired) electrons. The van der Waals surface area contributed by atoms with Crippen molar-refractivity contribution in [3.05, 3.63) is 28.7 Å². The number of halogens is 2. The van der Waals surface area contributed by atoms with Crippen LogP contribution in [0.1, 0.15) is 6.92 Å². The van der Waals surface area contributed by atoms with Crippen LogP contribution in [0, 0.1) is 0 Å². The van der Waals surface area contributed by atoms with Crippen LogP contribution in [0.15, 0.2) is 28.7 Å². The Balaban J connectivity index is 2.54. The van der Waals surface area contributed by atoms with Crippen molar-refractivity contribution in [1.82, 2.24) is 0 Å². The van der Waals surface area contributed by atoms with Crippen molar-refractivity contribution >= 4 is 15.9 Å². The molecule has 0 bridgehead atoms. The van der Waals surface area contributed by atoms with Gasteiger partial charge in [0.1, 0.15) is 12.4 Å². The van der Waals surface area contributed by atoms with E-state index in [1.54, 1.807) is 12.1 Å². The van der Waals surface area contributed by atoms with E-state index in [0.717, 1.165) is 4.47 Å². The summed E-state index contributed by atoms with van der Waals surface area (Å²) < 4.78 is 19.5. The van der Waals surface area contributed by atoms with Crippen LogP contribution in [0.25, 0.3) is 0 Å². The highest BCUT2D eigenvalue weighted by atomic mass is 79.9. The van der Waals surface area contributed by atoms with Gasteiger partial charge in [0.05, 0.1) is 0 Å². The molecular weight excluding hydrogens is 249 g/mol. The molecule has 1 unspecified atom stereocenters. The average Bonchev–Trinajstić information content (AvgIpc) is 2.15. The predicted octanol–water partition coefficient (Wildman–Crippen LogP) is 2.51. The number of alkyl halides is 1. The number of hydrogen-bond acceptors (Lipinski definition) is 2. The normalized spacial score (nSPS) is 14.9. The second-order valence-electron chi connectivity index (χ2n) is 3.36. The monoisotopic (exact) mass is 261 g/mol. The number of ether oxygens (including phenoxy) is 1. The minimum absolute atomic E-state index is 0.0278. The first kappa shape index (κ1) is 11.5. The fraction of sp³-hybridized carbons (Fsp3) is 0.400. The van der Waals surface area contributed by atoms with E-state index in [-0.39, 0.29) is 13.2 Å². The maximum atomic E-state index is 13.3. The molecular formula is C10H13BrFNO. The summed E-state index contributed by atoms with van der Waals surface area (Å²) in [5.41, 5.74) is 3.77. The summed E-state index contributed by atoms with van der Waals surface area (Å²) in [7, 11) is 0. The van der Waals surface area contributed by atoms with E-state index in [2.05, 4.69) is 15.9 Å². The van der Waals surface area contributed by atoms with Crippen molar-refractivity contribution in [2.24, 2.45) is 5.73 Å². The first-order valence-electron chi connectivity index (χ1n) is 4.31. The zero-order chi connectivity index (χ0) is 10.6. The standard InChI is InChI=1S/C10H13BrFNO/c1-10(12,6-13)7-14-9-4-2-3-8(11)5-9/h2-5H,6-7,13H2,1H3. The van der Waals surface area contributed by atoms with Gasteiger partial charge in [-0.15, -0.1) is 0 Å². The molecule has 0 aliphatic heterocycles. The lowest BCUT2D eigenvalue weighted by atomic mass is 10.1. The Labute approximate surface area is 91.4 Å². The van der Waals surface area contributed by atoms with Gasteiger partial charge in [-0.2, -0.15) is 0 Å². The first-order chi connectivity index (χ1) is 6.53. The maximum Gasteiger partial charge on any atom is 0.154 e. The predicted molar refractivity (Wildman–Crippen MR) is 58.2 cm³/mol. The van der Waals surface area contributed by atoms with Gasteiger partial charge < -0.3 is 10.5 Å². The molecule has 14 heavy (non-hydrogen) atoms. The van der Waals surface area contributed by atoms with Crippen molar-refractivity contribution in [3.63, 3.8) is 0 Å². The molecule has 1 aromatic rings. The van der Waals surface area contributed by atoms with E-state index in [1.807, 2.05) is 12.1 Å². The molecule has 1 aromatic carbocycles. The molecule has 0 amide bonds. The van der Waals surface area contributed by atoms with E-state index in [0.29, 0.717) is 5.75 Å². The lowest BCUT2D eigenvalue weighted by Gasteiger charge is -2.18. The van der Waals surface area contributed by atoms with Gasteiger partial charge in [-0.1, -0.05) is 22.0 Å². The summed E-state index contributed by atoms with van der Waals surface area (Å²) in [6.07, 6.45) is 0. The van der Waals surface area contributed by atoms with Gasteiger partial charge in [-0.3, -0.25) is 0 Å². The number of benzene rings is 1. The minimum atomic E-state index is -1.47. The van der Waals surface area contributed by atoms with Crippen molar-refractivity contribution in [2.75, 3.05) is 13.2 Å². The van der Waals surface area contributed by atoms with Crippen LogP contribution in [0.2, 0.25) is 0 Å². The molecule has 0 aliphatic rings. The number of rotatable bonds is 4. The molecule has 4 heteroatoms. The molecule has 0 aromatic heterocycles. The van der Waals surface area contributed by atoms with Crippen molar-refractivity contribution in [1.29, 1.82) is 0 Å². The molecule has 0 saturated heterocycles. The highest BCUT2D eigenvalue weighted by molar-refractivity contribution is 9.10. The van der Waals surface area contributed by atoms with Crippen molar-refractivity contribution in [3.8, 4) is 5.75 Å². The molecule has 0 fully saturated rings. The largest absolute Gasteiger partial charge is 0.490 e. The lowest BCUT2D eigenvalue weighted by Crippen LogP contribution is -2.35. The summed E-state index contributed by atoms with van der Waals surface area (Å²) in [6.45, 7) is 1.35. The number of nitrogens with two attached hydrogens (primary N) is 1. The van der Waals surface area contributed by atoms with Crippen LogP contribution >= 0.6 is 15.9 Å². The molecule has 2 N–H and O–H groups in total. The topological polar surface area (TPSA) is 35.2 Å². The molecule has 78 valence electrons. The quantitative estimate of drug-likeness (QED) is 0.904. The fourth-order valence-corrected chi connectivity index (χ4v) is 1.23. The molecule has 1 rings (SSSR count). The highest BCUT2D eigenvalue weighted by Gasteiger charge is 2.21. The fourth-order valence-electron chi connectivity index (χ4n) is 0.850. The molecule has 0 aliphatic carbocycles. The molecule has 1 atom stereocenters. The van der Waals surface area contributed by atoms with Crippen molar-refractivity contribution < 1.29 is 9.13 Å². The van der Waals surface area contributed by atoms with Crippen LogP contribution < -0.4 is 10.5 Å². The van der Waals surface area contributed by atoms with Crippen LogP contribution in [0.3, 0.4) is 0 Å².